The van der Waals surface area contributed by atoms with Gasteiger partial charge in [-0.2, -0.15) is 0 Å². The molecule has 0 aliphatic heterocycles. The van der Waals surface area contributed by atoms with Gasteiger partial charge in [0, 0.05) is 11.5 Å². The zero-order valence-electron chi connectivity index (χ0n) is 10.6. The summed E-state index contributed by atoms with van der Waals surface area (Å²) in [4.78, 5) is 0. The van der Waals surface area contributed by atoms with Crippen molar-refractivity contribution in [3.63, 3.8) is 0 Å². The van der Waals surface area contributed by atoms with Crippen molar-refractivity contribution in [3.8, 4) is 0 Å². The third kappa shape index (κ3) is 2.35. The average Bonchev–Trinajstić information content (AvgIpc) is 2.24. The summed E-state index contributed by atoms with van der Waals surface area (Å²) >= 11 is 0. The highest BCUT2D eigenvalue weighted by atomic mass is 16.5. The second-order valence-electron chi connectivity index (χ2n) is 4.33. The summed E-state index contributed by atoms with van der Waals surface area (Å²) in [6, 6.07) is 0. The summed E-state index contributed by atoms with van der Waals surface area (Å²) in [7, 11) is 0. The minimum Gasteiger partial charge on any atom is -0.462 e. The Balaban J connectivity index is 2.97. The molecule has 16 heavy (non-hydrogen) atoms. The first kappa shape index (κ1) is 13.0. The van der Waals surface area contributed by atoms with E-state index in [2.05, 4.69) is 33.8 Å². The van der Waals surface area contributed by atoms with Gasteiger partial charge in [0.15, 0.2) is 0 Å². The van der Waals surface area contributed by atoms with Crippen LogP contribution in [0.1, 0.15) is 34.1 Å². The summed E-state index contributed by atoms with van der Waals surface area (Å²) in [5.74, 6) is 0.888. The molecule has 0 bridgehead atoms. The van der Waals surface area contributed by atoms with Crippen molar-refractivity contribution in [2.45, 2.75) is 34.1 Å². The van der Waals surface area contributed by atoms with Crippen LogP contribution >= 0.6 is 0 Å². The molecule has 3 N–H and O–H groups in total. The summed E-state index contributed by atoms with van der Waals surface area (Å²) in [5.41, 5.74) is 9.12. The van der Waals surface area contributed by atoms with Crippen LogP contribution in [-0.4, -0.2) is 12.6 Å². The van der Waals surface area contributed by atoms with Crippen LogP contribution in [0.5, 0.6) is 0 Å². The molecule has 0 spiro atoms. The molecule has 2 unspecified atom stereocenters. The lowest BCUT2D eigenvalue weighted by molar-refractivity contribution is 0.311. The summed E-state index contributed by atoms with van der Waals surface area (Å²) < 4.78 is 5.09. The number of ether oxygens (including phenoxy) is 1. The smallest absolute Gasteiger partial charge is 0.210 e. The van der Waals surface area contributed by atoms with Crippen molar-refractivity contribution in [2.24, 2.45) is 17.6 Å². The molecular formula is C13H22N2O. The molecule has 3 nitrogen and oxygen atoms in total. The molecule has 90 valence electrons. The van der Waals surface area contributed by atoms with Crippen molar-refractivity contribution in [1.82, 2.24) is 0 Å². The van der Waals surface area contributed by atoms with E-state index in [9.17, 15) is 0 Å². The van der Waals surface area contributed by atoms with E-state index >= 15 is 0 Å². The molecule has 2 atom stereocenters. The van der Waals surface area contributed by atoms with E-state index in [1.165, 1.54) is 11.1 Å². The summed E-state index contributed by atoms with van der Waals surface area (Å²) in [5, 5.41) is 7.82. The van der Waals surface area contributed by atoms with Gasteiger partial charge in [0.25, 0.3) is 0 Å². The van der Waals surface area contributed by atoms with E-state index in [-0.39, 0.29) is 18.5 Å². The SMILES string of the molecule is CCC1=C(C)C(C)C(C(=N)OCN)=CC1C. The number of nitrogens with one attached hydrogen (secondary N) is 1. The Bertz CT molecular complexity index is 342. The number of nitrogens with two attached hydrogens (primary N) is 1. The van der Waals surface area contributed by atoms with Crippen LogP contribution in [0.3, 0.4) is 0 Å². The van der Waals surface area contributed by atoms with Crippen LogP contribution in [0, 0.1) is 17.2 Å². The molecule has 1 rings (SSSR count). The summed E-state index contributed by atoms with van der Waals surface area (Å²) in [6.45, 7) is 8.70. The fraction of sp³-hybridized carbons (Fsp3) is 0.615. The van der Waals surface area contributed by atoms with Crippen molar-refractivity contribution < 1.29 is 4.74 Å². The molecule has 0 amide bonds. The Morgan fingerprint density at radius 1 is 1.50 bits per heavy atom. The Hall–Kier alpha value is -1.09. The highest BCUT2D eigenvalue weighted by Crippen LogP contribution is 2.35. The zero-order chi connectivity index (χ0) is 12.3. The van der Waals surface area contributed by atoms with Crippen LogP contribution in [-0.2, 0) is 4.74 Å². The monoisotopic (exact) mass is 222 g/mol. The fourth-order valence-corrected chi connectivity index (χ4v) is 2.42. The van der Waals surface area contributed by atoms with E-state index < -0.39 is 0 Å². The molecule has 3 heteroatoms. The van der Waals surface area contributed by atoms with E-state index in [1.807, 2.05) is 0 Å². The lowest BCUT2D eigenvalue weighted by Crippen LogP contribution is -2.22. The zero-order valence-corrected chi connectivity index (χ0v) is 10.6. The maximum atomic E-state index is 7.82. The third-order valence-corrected chi connectivity index (χ3v) is 3.47. The second-order valence-corrected chi connectivity index (χ2v) is 4.33. The van der Waals surface area contributed by atoms with Crippen LogP contribution < -0.4 is 5.73 Å². The van der Waals surface area contributed by atoms with Crippen LogP contribution in [0.2, 0.25) is 0 Å². The van der Waals surface area contributed by atoms with Gasteiger partial charge >= 0.3 is 0 Å². The Kier molecular flexibility index (Phi) is 4.30. The van der Waals surface area contributed by atoms with Gasteiger partial charge in [-0.05, 0) is 19.3 Å². The minimum atomic E-state index is 0.0701. The lowest BCUT2D eigenvalue weighted by Gasteiger charge is -2.28. The largest absolute Gasteiger partial charge is 0.462 e. The first-order chi connectivity index (χ1) is 7.52. The van der Waals surface area contributed by atoms with Crippen molar-refractivity contribution >= 4 is 5.90 Å². The quantitative estimate of drug-likeness (QED) is 0.334. The van der Waals surface area contributed by atoms with Gasteiger partial charge in [0.1, 0.15) is 6.73 Å². The van der Waals surface area contributed by atoms with Gasteiger partial charge in [-0.15, -0.1) is 0 Å². The van der Waals surface area contributed by atoms with Crippen LogP contribution in [0.15, 0.2) is 22.8 Å². The topological polar surface area (TPSA) is 59.1 Å². The normalized spacial score (nSPS) is 25.4. The minimum absolute atomic E-state index is 0.0701. The van der Waals surface area contributed by atoms with E-state index in [4.69, 9.17) is 15.9 Å². The molecule has 0 saturated carbocycles. The molecular weight excluding hydrogens is 200 g/mol. The molecule has 0 radical (unpaired) electrons. The van der Waals surface area contributed by atoms with Gasteiger partial charge in [-0.3, -0.25) is 11.1 Å². The Morgan fingerprint density at radius 3 is 2.62 bits per heavy atom. The molecule has 0 fully saturated rings. The number of rotatable bonds is 3. The summed E-state index contributed by atoms with van der Waals surface area (Å²) in [6.07, 6.45) is 3.21. The third-order valence-electron chi connectivity index (χ3n) is 3.47. The maximum absolute atomic E-state index is 7.82. The van der Waals surface area contributed by atoms with E-state index in [1.54, 1.807) is 0 Å². The highest BCUT2D eigenvalue weighted by molar-refractivity contribution is 5.92. The van der Waals surface area contributed by atoms with Gasteiger partial charge in [0.05, 0.1) is 0 Å². The lowest BCUT2D eigenvalue weighted by atomic mass is 9.78. The predicted molar refractivity (Wildman–Crippen MR) is 67.3 cm³/mol. The molecule has 0 aromatic carbocycles. The molecule has 1 aliphatic rings. The highest BCUT2D eigenvalue weighted by Gasteiger charge is 2.25. The maximum Gasteiger partial charge on any atom is 0.210 e. The van der Waals surface area contributed by atoms with Gasteiger partial charge in [-0.1, -0.05) is 38.0 Å². The molecule has 1 aliphatic carbocycles. The molecule has 0 saturated heterocycles. The Labute approximate surface area is 97.9 Å². The second kappa shape index (κ2) is 5.30. The van der Waals surface area contributed by atoms with Gasteiger partial charge < -0.3 is 4.74 Å². The molecule has 0 aromatic heterocycles. The standard InChI is InChI=1S/C13H22N2O/c1-5-11-8(2)6-12(10(4)9(11)3)13(15)16-7-14/h6,8,10,15H,5,7,14H2,1-4H3. The number of hydrogen-bond acceptors (Lipinski definition) is 3. The van der Waals surface area contributed by atoms with Crippen LogP contribution in [0.4, 0.5) is 0 Å². The number of allylic oxidation sites excluding steroid dienone is 3. The average molecular weight is 222 g/mol. The molecule has 0 aromatic rings. The van der Waals surface area contributed by atoms with Crippen molar-refractivity contribution in [3.05, 3.63) is 22.8 Å². The van der Waals surface area contributed by atoms with Gasteiger partial charge in [-0.25, -0.2) is 0 Å². The van der Waals surface area contributed by atoms with E-state index in [0.29, 0.717) is 5.92 Å². The van der Waals surface area contributed by atoms with E-state index in [0.717, 1.165) is 12.0 Å². The number of hydrogen-bond donors (Lipinski definition) is 2. The van der Waals surface area contributed by atoms with Crippen LogP contribution in [0.25, 0.3) is 0 Å². The molecule has 0 heterocycles. The van der Waals surface area contributed by atoms with Gasteiger partial charge in [0.2, 0.25) is 5.90 Å². The van der Waals surface area contributed by atoms with Crippen molar-refractivity contribution in [2.75, 3.05) is 6.73 Å². The first-order valence-corrected chi connectivity index (χ1v) is 5.85. The van der Waals surface area contributed by atoms with Crippen molar-refractivity contribution in [1.29, 1.82) is 5.41 Å². The predicted octanol–water partition coefficient (Wildman–Crippen LogP) is 2.84. The first-order valence-electron chi connectivity index (χ1n) is 5.85. The fourth-order valence-electron chi connectivity index (χ4n) is 2.42. The Morgan fingerprint density at radius 2 is 2.12 bits per heavy atom.